The molecule has 0 N–H and O–H groups in total. The van der Waals surface area contributed by atoms with Crippen molar-refractivity contribution < 1.29 is 4.74 Å². The molecule has 0 saturated carbocycles. The summed E-state index contributed by atoms with van der Waals surface area (Å²) in [6.45, 7) is 7.70. The molecule has 1 aromatic carbocycles. The van der Waals surface area contributed by atoms with Crippen molar-refractivity contribution in [3.05, 3.63) is 40.6 Å². The van der Waals surface area contributed by atoms with Gasteiger partial charge in [0.25, 0.3) is 0 Å². The third-order valence-corrected chi connectivity index (χ3v) is 2.11. The van der Waals surface area contributed by atoms with Gasteiger partial charge in [0.05, 0.1) is 0 Å². The third kappa shape index (κ3) is 2.59. The quantitative estimate of drug-likeness (QED) is 0.290. The highest BCUT2D eigenvalue weighted by Crippen LogP contribution is 2.08. The number of hydroxylamine groups is 1. The first-order chi connectivity index (χ1) is 6.41. The molecule has 0 heterocycles. The molecule has 0 aliphatic carbocycles. The predicted octanol–water partition coefficient (Wildman–Crippen LogP) is 2.72. The monoisotopic (exact) mass is 191 g/mol. The van der Waals surface area contributed by atoms with Crippen LogP contribution >= 0.6 is 0 Å². The Labute approximate surface area is 85.5 Å². The minimum Gasteiger partial charge on any atom is -0.623 e. The fraction of sp³-hybridized carbons (Fsp3) is 0.417. The molecule has 0 spiro atoms. The average Bonchev–Trinajstić information content (AvgIpc) is 2.07. The summed E-state index contributed by atoms with van der Waals surface area (Å²) in [7, 11) is 0. The van der Waals surface area contributed by atoms with Crippen molar-refractivity contribution >= 4 is 6.21 Å². The lowest BCUT2D eigenvalue weighted by molar-refractivity contribution is -0.530. The van der Waals surface area contributed by atoms with Gasteiger partial charge in [-0.05, 0) is 18.6 Å². The Hall–Kier alpha value is -1.31. The van der Waals surface area contributed by atoms with Gasteiger partial charge >= 0.3 is 0 Å². The van der Waals surface area contributed by atoms with Crippen molar-refractivity contribution in [3.63, 3.8) is 0 Å². The summed E-state index contributed by atoms with van der Waals surface area (Å²) in [4.78, 5) is 0. The Morgan fingerprint density at radius 2 is 1.79 bits per heavy atom. The number of rotatable bonds is 1. The van der Waals surface area contributed by atoms with Gasteiger partial charge in [-0.25, -0.2) is 4.74 Å². The van der Waals surface area contributed by atoms with Crippen molar-refractivity contribution in [2.24, 2.45) is 0 Å². The van der Waals surface area contributed by atoms with E-state index in [1.54, 1.807) is 6.21 Å². The molecule has 0 unspecified atom stereocenters. The van der Waals surface area contributed by atoms with E-state index in [0.29, 0.717) is 0 Å². The Balaban J connectivity index is 3.04. The summed E-state index contributed by atoms with van der Waals surface area (Å²) in [6.07, 6.45) is 1.65. The second-order valence-corrected chi connectivity index (χ2v) is 4.48. The van der Waals surface area contributed by atoms with Crippen LogP contribution in [0.25, 0.3) is 0 Å². The van der Waals surface area contributed by atoms with E-state index >= 15 is 0 Å². The lowest BCUT2D eigenvalue weighted by Gasteiger charge is -2.18. The Bertz CT molecular complexity index is 348. The molecule has 2 heteroatoms. The highest BCUT2D eigenvalue weighted by Gasteiger charge is 2.18. The lowest BCUT2D eigenvalue weighted by atomic mass is 10.1. The molecule has 0 amide bonds. The van der Waals surface area contributed by atoms with Crippen LogP contribution in [0.5, 0.6) is 0 Å². The van der Waals surface area contributed by atoms with Crippen LogP contribution in [0.4, 0.5) is 0 Å². The minimum absolute atomic E-state index is 0.373. The van der Waals surface area contributed by atoms with Crippen LogP contribution in [0.2, 0.25) is 0 Å². The van der Waals surface area contributed by atoms with Crippen LogP contribution in [0.1, 0.15) is 31.9 Å². The largest absolute Gasteiger partial charge is 0.623 e. The molecule has 0 radical (unpaired) electrons. The summed E-state index contributed by atoms with van der Waals surface area (Å²) < 4.78 is 0.995. The number of aryl methyl sites for hydroxylation is 1. The van der Waals surface area contributed by atoms with Crippen molar-refractivity contribution in [3.8, 4) is 0 Å². The highest BCUT2D eigenvalue weighted by atomic mass is 16.5. The summed E-state index contributed by atoms with van der Waals surface area (Å²) in [6, 6.07) is 7.86. The molecule has 0 aliphatic rings. The first-order valence-corrected chi connectivity index (χ1v) is 4.78. The molecular weight excluding hydrogens is 174 g/mol. The van der Waals surface area contributed by atoms with Gasteiger partial charge in [0.15, 0.2) is 11.8 Å². The van der Waals surface area contributed by atoms with E-state index in [1.807, 2.05) is 52.0 Å². The van der Waals surface area contributed by atoms with E-state index < -0.39 is 0 Å². The summed E-state index contributed by atoms with van der Waals surface area (Å²) in [5.74, 6) is 0. The minimum atomic E-state index is -0.373. The van der Waals surface area contributed by atoms with Crippen LogP contribution in [-0.4, -0.2) is 16.5 Å². The standard InChI is InChI=1S/C12H17NO/c1-10-7-5-6-8-11(10)9-13(14)12(2,3)4/h5-9H,1-4H3. The topological polar surface area (TPSA) is 26.1 Å². The van der Waals surface area contributed by atoms with Gasteiger partial charge in [-0.1, -0.05) is 18.2 Å². The zero-order chi connectivity index (χ0) is 10.8. The van der Waals surface area contributed by atoms with Gasteiger partial charge < -0.3 is 5.21 Å². The van der Waals surface area contributed by atoms with Gasteiger partial charge in [-0.3, -0.25) is 0 Å². The molecule has 0 fully saturated rings. The van der Waals surface area contributed by atoms with Crippen LogP contribution in [0, 0.1) is 12.1 Å². The first-order valence-electron chi connectivity index (χ1n) is 4.78. The Morgan fingerprint density at radius 3 is 2.29 bits per heavy atom. The van der Waals surface area contributed by atoms with Crippen molar-refractivity contribution in [2.75, 3.05) is 0 Å². The molecule has 14 heavy (non-hydrogen) atoms. The smallest absolute Gasteiger partial charge is 0.182 e. The predicted molar refractivity (Wildman–Crippen MR) is 59.7 cm³/mol. The molecule has 0 aliphatic heterocycles. The fourth-order valence-corrected chi connectivity index (χ4v) is 1.05. The molecule has 0 saturated heterocycles. The third-order valence-electron chi connectivity index (χ3n) is 2.11. The molecule has 0 bridgehead atoms. The maximum atomic E-state index is 11.6. The van der Waals surface area contributed by atoms with Gasteiger partial charge in [0.1, 0.15) is 0 Å². The van der Waals surface area contributed by atoms with E-state index in [-0.39, 0.29) is 5.54 Å². The van der Waals surface area contributed by atoms with Crippen molar-refractivity contribution in [1.82, 2.24) is 0 Å². The summed E-state index contributed by atoms with van der Waals surface area (Å²) in [5.41, 5.74) is 1.73. The summed E-state index contributed by atoms with van der Waals surface area (Å²) in [5, 5.41) is 11.6. The molecular formula is C12H17NO. The van der Waals surface area contributed by atoms with E-state index in [4.69, 9.17) is 0 Å². The SMILES string of the molecule is Cc1ccccc1C=[N+]([O-])C(C)(C)C. The molecule has 76 valence electrons. The summed E-state index contributed by atoms with van der Waals surface area (Å²) >= 11 is 0. The number of hydrogen-bond donors (Lipinski definition) is 0. The molecule has 2 nitrogen and oxygen atoms in total. The Morgan fingerprint density at radius 1 is 1.21 bits per heavy atom. The molecule has 0 aromatic heterocycles. The van der Waals surface area contributed by atoms with E-state index in [0.717, 1.165) is 15.9 Å². The number of hydrogen-bond acceptors (Lipinski definition) is 1. The Kier molecular flexibility index (Phi) is 2.94. The lowest BCUT2D eigenvalue weighted by Crippen LogP contribution is -2.29. The maximum Gasteiger partial charge on any atom is 0.182 e. The van der Waals surface area contributed by atoms with Gasteiger partial charge in [0, 0.05) is 26.3 Å². The second-order valence-electron chi connectivity index (χ2n) is 4.48. The van der Waals surface area contributed by atoms with Gasteiger partial charge in [-0.2, -0.15) is 0 Å². The molecule has 1 aromatic rings. The van der Waals surface area contributed by atoms with Crippen LogP contribution in [-0.2, 0) is 0 Å². The second kappa shape index (κ2) is 3.82. The van der Waals surface area contributed by atoms with Crippen LogP contribution in [0.15, 0.2) is 24.3 Å². The maximum absolute atomic E-state index is 11.6. The van der Waals surface area contributed by atoms with Crippen LogP contribution < -0.4 is 0 Å². The van der Waals surface area contributed by atoms with Gasteiger partial charge in [0.2, 0.25) is 0 Å². The van der Waals surface area contributed by atoms with E-state index in [9.17, 15) is 5.21 Å². The molecule has 0 atom stereocenters. The van der Waals surface area contributed by atoms with Crippen molar-refractivity contribution in [2.45, 2.75) is 33.2 Å². The van der Waals surface area contributed by atoms with Crippen molar-refractivity contribution in [1.29, 1.82) is 0 Å². The zero-order valence-electron chi connectivity index (χ0n) is 9.24. The highest BCUT2D eigenvalue weighted by molar-refractivity contribution is 5.77. The van der Waals surface area contributed by atoms with E-state index in [1.165, 1.54) is 0 Å². The van der Waals surface area contributed by atoms with Gasteiger partial charge in [-0.15, -0.1) is 0 Å². The number of nitrogens with zero attached hydrogens (tertiary/aromatic N) is 1. The average molecular weight is 191 g/mol. The first kappa shape index (κ1) is 10.8. The van der Waals surface area contributed by atoms with Crippen LogP contribution in [0.3, 0.4) is 0 Å². The normalized spacial score (nSPS) is 13.0. The fourth-order valence-electron chi connectivity index (χ4n) is 1.05. The van der Waals surface area contributed by atoms with E-state index in [2.05, 4.69) is 0 Å². The number of benzene rings is 1. The zero-order valence-corrected chi connectivity index (χ0v) is 9.24. The molecule has 1 rings (SSSR count).